The first-order valence-corrected chi connectivity index (χ1v) is 6.89. The van der Waals surface area contributed by atoms with Gasteiger partial charge in [0, 0.05) is 25.7 Å². The second kappa shape index (κ2) is 5.77. The number of hydrogen-bond donors (Lipinski definition) is 1. The van der Waals surface area contributed by atoms with Gasteiger partial charge in [0.05, 0.1) is 0 Å². The highest BCUT2D eigenvalue weighted by molar-refractivity contribution is 5.80. The number of amides is 2. The molecule has 1 heterocycles. The average Bonchev–Trinajstić information content (AvgIpc) is 3.00. The van der Waals surface area contributed by atoms with Crippen molar-refractivity contribution in [3.05, 3.63) is 0 Å². The van der Waals surface area contributed by atoms with Gasteiger partial charge in [0.15, 0.2) is 0 Å². The van der Waals surface area contributed by atoms with Crippen LogP contribution < -0.4 is 0 Å². The molecule has 2 rings (SSSR count). The van der Waals surface area contributed by atoms with Crippen molar-refractivity contribution in [2.75, 3.05) is 40.3 Å². The summed E-state index contributed by atoms with van der Waals surface area (Å²) < 4.78 is 0. The molecule has 1 unspecified atom stereocenters. The van der Waals surface area contributed by atoms with Crippen LogP contribution in [0.4, 0.5) is 4.79 Å². The summed E-state index contributed by atoms with van der Waals surface area (Å²) in [7, 11) is 4.02. The van der Waals surface area contributed by atoms with Gasteiger partial charge in [0.25, 0.3) is 0 Å². The number of urea groups is 1. The van der Waals surface area contributed by atoms with Gasteiger partial charge in [0.1, 0.15) is 6.54 Å². The highest BCUT2D eigenvalue weighted by Gasteiger charge is 2.33. The molecule has 0 aromatic carbocycles. The normalized spacial score (nSPS) is 22.9. The van der Waals surface area contributed by atoms with E-state index in [4.69, 9.17) is 5.11 Å². The summed E-state index contributed by atoms with van der Waals surface area (Å²) in [4.78, 5) is 28.7. The number of hydrogen-bond acceptors (Lipinski definition) is 3. The Morgan fingerprint density at radius 1 is 1.26 bits per heavy atom. The molecule has 0 aromatic rings. The molecule has 1 N–H and O–H groups in total. The maximum absolute atomic E-state index is 12.4. The average molecular weight is 269 g/mol. The molecule has 0 spiro atoms. The topological polar surface area (TPSA) is 64.1 Å². The lowest BCUT2D eigenvalue weighted by Crippen LogP contribution is -2.46. The molecule has 6 heteroatoms. The first-order valence-electron chi connectivity index (χ1n) is 6.89. The first-order chi connectivity index (χ1) is 8.97. The predicted octanol–water partition coefficient (Wildman–Crippen LogP) is 0.539. The maximum Gasteiger partial charge on any atom is 0.323 e. The summed E-state index contributed by atoms with van der Waals surface area (Å²) >= 11 is 0. The fourth-order valence-corrected chi connectivity index (χ4v) is 2.52. The lowest BCUT2D eigenvalue weighted by molar-refractivity contribution is -0.137. The molecule has 1 aliphatic carbocycles. The fourth-order valence-electron chi connectivity index (χ4n) is 2.52. The quantitative estimate of drug-likeness (QED) is 0.791. The van der Waals surface area contributed by atoms with Gasteiger partial charge in [-0.25, -0.2) is 4.79 Å². The van der Waals surface area contributed by atoms with Crippen LogP contribution in [0.25, 0.3) is 0 Å². The Morgan fingerprint density at radius 2 is 1.95 bits per heavy atom. The van der Waals surface area contributed by atoms with Crippen LogP contribution in [-0.2, 0) is 4.79 Å². The third-order valence-corrected chi connectivity index (χ3v) is 3.94. The zero-order chi connectivity index (χ0) is 14.0. The Kier molecular flexibility index (Phi) is 4.29. The van der Waals surface area contributed by atoms with Crippen LogP contribution in [0.15, 0.2) is 0 Å². The van der Waals surface area contributed by atoms with E-state index in [-0.39, 0.29) is 12.6 Å². The van der Waals surface area contributed by atoms with Gasteiger partial charge in [-0.2, -0.15) is 0 Å². The van der Waals surface area contributed by atoms with Crippen molar-refractivity contribution in [2.45, 2.75) is 25.3 Å². The highest BCUT2D eigenvalue weighted by Crippen LogP contribution is 2.30. The van der Waals surface area contributed by atoms with E-state index >= 15 is 0 Å². The van der Waals surface area contributed by atoms with Gasteiger partial charge in [-0.1, -0.05) is 0 Å². The second-order valence-corrected chi connectivity index (χ2v) is 5.85. The van der Waals surface area contributed by atoms with E-state index < -0.39 is 5.97 Å². The largest absolute Gasteiger partial charge is 0.480 e. The van der Waals surface area contributed by atoms with E-state index in [9.17, 15) is 9.59 Å². The predicted molar refractivity (Wildman–Crippen MR) is 71.0 cm³/mol. The second-order valence-electron chi connectivity index (χ2n) is 5.85. The smallest absolute Gasteiger partial charge is 0.323 e. The van der Waals surface area contributed by atoms with Crippen molar-refractivity contribution in [3.63, 3.8) is 0 Å². The van der Waals surface area contributed by atoms with E-state index in [1.54, 1.807) is 4.90 Å². The molecular weight excluding hydrogens is 246 g/mol. The molecule has 2 fully saturated rings. The summed E-state index contributed by atoms with van der Waals surface area (Å²) in [5, 5.41) is 8.93. The summed E-state index contributed by atoms with van der Waals surface area (Å²) in [6, 6.07) is 0.273. The third-order valence-electron chi connectivity index (χ3n) is 3.94. The summed E-state index contributed by atoms with van der Waals surface area (Å²) in [6.45, 7) is 1.84. The van der Waals surface area contributed by atoms with Gasteiger partial charge < -0.3 is 19.8 Å². The number of carbonyl (C=O) groups is 2. The molecule has 6 nitrogen and oxygen atoms in total. The van der Waals surface area contributed by atoms with Crippen LogP contribution in [-0.4, -0.2) is 78.1 Å². The van der Waals surface area contributed by atoms with E-state index in [1.807, 2.05) is 14.1 Å². The maximum atomic E-state index is 12.4. The Hall–Kier alpha value is -1.30. The molecule has 108 valence electrons. The number of nitrogens with zero attached hydrogens (tertiary/aromatic N) is 3. The summed E-state index contributed by atoms with van der Waals surface area (Å²) in [5.41, 5.74) is 0. The first kappa shape index (κ1) is 14.1. The van der Waals surface area contributed by atoms with E-state index in [2.05, 4.69) is 4.90 Å². The minimum atomic E-state index is -0.933. The number of rotatable bonds is 5. The number of likely N-dealkylation sites (tertiary alicyclic amines) is 1. The van der Waals surface area contributed by atoms with Crippen LogP contribution in [0, 0.1) is 5.92 Å². The molecule has 19 heavy (non-hydrogen) atoms. The molecular formula is C13H23N3O3. The molecule has 2 aliphatic rings. The minimum absolute atomic E-state index is 0.112. The molecule has 1 atom stereocenters. The van der Waals surface area contributed by atoms with E-state index in [1.165, 1.54) is 4.90 Å². The van der Waals surface area contributed by atoms with Gasteiger partial charge in [-0.05, 0) is 39.3 Å². The molecule has 1 saturated heterocycles. The number of carbonyl (C=O) groups excluding carboxylic acids is 1. The zero-order valence-corrected chi connectivity index (χ0v) is 11.7. The summed E-state index contributed by atoms with van der Waals surface area (Å²) in [5.74, 6) is -0.423. The molecule has 0 bridgehead atoms. The number of aliphatic carboxylic acids is 1. The Labute approximate surface area is 114 Å². The Morgan fingerprint density at radius 3 is 2.42 bits per heavy atom. The van der Waals surface area contributed by atoms with Crippen LogP contribution in [0.3, 0.4) is 0 Å². The van der Waals surface area contributed by atoms with Crippen molar-refractivity contribution in [2.24, 2.45) is 5.92 Å². The fraction of sp³-hybridized carbons (Fsp3) is 0.846. The highest BCUT2D eigenvalue weighted by atomic mass is 16.4. The van der Waals surface area contributed by atoms with Crippen LogP contribution in [0.1, 0.15) is 19.3 Å². The number of carboxylic acids is 1. The molecule has 2 amide bonds. The lowest BCUT2D eigenvalue weighted by atomic mass is 10.2. The van der Waals surface area contributed by atoms with E-state index in [0.717, 1.165) is 25.8 Å². The molecule has 0 radical (unpaired) electrons. The van der Waals surface area contributed by atoms with Gasteiger partial charge in [-0.3, -0.25) is 4.79 Å². The Bertz CT molecular complexity index is 355. The van der Waals surface area contributed by atoms with Crippen molar-refractivity contribution >= 4 is 12.0 Å². The van der Waals surface area contributed by atoms with Crippen molar-refractivity contribution in [1.29, 1.82) is 0 Å². The standard InChI is InChI=1S/C13H23N3O3/c1-14(2)11-5-6-15(8-11)13(19)16(9-12(17)18)7-10-3-4-10/h10-11H,3-9H2,1-2H3,(H,17,18). The van der Waals surface area contributed by atoms with Crippen LogP contribution in [0.5, 0.6) is 0 Å². The van der Waals surface area contributed by atoms with Gasteiger partial charge in [0.2, 0.25) is 0 Å². The van der Waals surface area contributed by atoms with E-state index in [0.29, 0.717) is 25.0 Å². The SMILES string of the molecule is CN(C)C1CCN(C(=O)N(CC(=O)O)CC2CC2)C1. The Balaban J connectivity index is 1.92. The molecule has 1 saturated carbocycles. The van der Waals surface area contributed by atoms with Crippen molar-refractivity contribution < 1.29 is 14.7 Å². The lowest BCUT2D eigenvalue weighted by Gasteiger charge is -2.27. The van der Waals surface area contributed by atoms with Crippen LogP contribution >= 0.6 is 0 Å². The molecule has 1 aliphatic heterocycles. The van der Waals surface area contributed by atoms with Crippen molar-refractivity contribution in [3.8, 4) is 0 Å². The third kappa shape index (κ3) is 3.83. The van der Waals surface area contributed by atoms with Gasteiger partial charge >= 0.3 is 12.0 Å². The monoisotopic (exact) mass is 269 g/mol. The summed E-state index contributed by atoms with van der Waals surface area (Å²) in [6.07, 6.45) is 3.19. The molecule has 0 aromatic heterocycles. The van der Waals surface area contributed by atoms with Gasteiger partial charge in [-0.15, -0.1) is 0 Å². The zero-order valence-electron chi connectivity index (χ0n) is 11.7. The minimum Gasteiger partial charge on any atom is -0.480 e. The van der Waals surface area contributed by atoms with Crippen molar-refractivity contribution in [1.82, 2.24) is 14.7 Å². The number of likely N-dealkylation sites (N-methyl/N-ethyl adjacent to an activating group) is 1. The number of carboxylic acid groups (broad SMARTS) is 1. The van der Waals surface area contributed by atoms with Crippen LogP contribution in [0.2, 0.25) is 0 Å².